The number of ether oxygens (including phenoxy) is 1. The molecule has 4 nitrogen and oxygen atoms in total. The summed E-state index contributed by atoms with van der Waals surface area (Å²) in [7, 11) is 3.22. The van der Waals surface area contributed by atoms with Crippen LogP contribution in [0.5, 0.6) is 0 Å². The summed E-state index contributed by atoms with van der Waals surface area (Å²) in [6.07, 6.45) is 4.67. The first-order valence-electron chi connectivity index (χ1n) is 5.92. The molecular weight excluding hydrogens is 268 g/mol. The van der Waals surface area contributed by atoms with Gasteiger partial charge in [-0.15, -0.1) is 11.3 Å². The molecule has 1 atom stereocenters. The van der Waals surface area contributed by atoms with E-state index in [9.17, 15) is 4.79 Å². The van der Waals surface area contributed by atoms with Gasteiger partial charge in [0.2, 0.25) is 0 Å². The second-order valence-corrected chi connectivity index (χ2v) is 6.41. The zero-order valence-electron chi connectivity index (χ0n) is 11.1. The summed E-state index contributed by atoms with van der Waals surface area (Å²) in [6.45, 7) is 1.88. The van der Waals surface area contributed by atoms with Crippen LogP contribution >= 0.6 is 23.1 Å². The first kappa shape index (κ1) is 15.5. The first-order chi connectivity index (χ1) is 8.62. The van der Waals surface area contributed by atoms with Crippen molar-refractivity contribution in [3.8, 4) is 0 Å². The number of methoxy groups -OCH3 is 1. The minimum atomic E-state index is -0.569. The fourth-order valence-electron chi connectivity index (χ4n) is 1.58. The van der Waals surface area contributed by atoms with E-state index in [1.165, 1.54) is 7.11 Å². The van der Waals surface area contributed by atoms with Crippen LogP contribution in [0.1, 0.15) is 26.2 Å². The van der Waals surface area contributed by atoms with Crippen molar-refractivity contribution < 1.29 is 9.53 Å². The Balaban J connectivity index is 2.21. The molecule has 0 fully saturated rings. The Labute approximate surface area is 117 Å². The molecule has 102 valence electrons. The zero-order valence-corrected chi connectivity index (χ0v) is 12.7. The first-order valence-corrected chi connectivity index (χ1v) is 7.78. The van der Waals surface area contributed by atoms with Crippen LogP contribution < -0.4 is 5.32 Å². The summed E-state index contributed by atoms with van der Waals surface area (Å²) < 4.78 is 5.92. The van der Waals surface area contributed by atoms with Gasteiger partial charge in [-0.1, -0.05) is 18.2 Å². The molecule has 1 N–H and O–H groups in total. The van der Waals surface area contributed by atoms with E-state index < -0.39 is 5.54 Å². The zero-order chi connectivity index (χ0) is 13.4. The van der Waals surface area contributed by atoms with Crippen LogP contribution in [0, 0.1) is 0 Å². The number of thiazole rings is 1. The van der Waals surface area contributed by atoms with Gasteiger partial charge in [0.05, 0.1) is 7.11 Å². The largest absolute Gasteiger partial charge is 0.468 e. The van der Waals surface area contributed by atoms with Gasteiger partial charge in [-0.25, -0.2) is 4.98 Å². The number of likely N-dealkylation sites (N-methyl/N-ethyl adjacent to an activating group) is 1. The second kappa shape index (κ2) is 7.76. The third-order valence-electron chi connectivity index (χ3n) is 2.89. The third-order valence-corrected chi connectivity index (χ3v) is 4.95. The van der Waals surface area contributed by atoms with Crippen molar-refractivity contribution in [3.63, 3.8) is 0 Å². The van der Waals surface area contributed by atoms with Crippen LogP contribution in [0.3, 0.4) is 0 Å². The number of unbranched alkanes of at least 4 members (excludes halogenated alkanes) is 1. The summed E-state index contributed by atoms with van der Waals surface area (Å²) in [5, 5.41) is 5.03. The number of nitrogens with zero attached hydrogens (tertiary/aromatic N) is 1. The molecule has 18 heavy (non-hydrogen) atoms. The molecule has 1 unspecified atom stereocenters. The Morgan fingerprint density at radius 3 is 2.94 bits per heavy atom. The smallest absolute Gasteiger partial charge is 0.325 e. The van der Waals surface area contributed by atoms with Crippen LogP contribution in [0.15, 0.2) is 15.9 Å². The van der Waals surface area contributed by atoms with Gasteiger partial charge in [0.25, 0.3) is 0 Å². The summed E-state index contributed by atoms with van der Waals surface area (Å²) in [5.41, 5.74) is -0.569. The highest BCUT2D eigenvalue weighted by atomic mass is 32.2. The number of hydrogen-bond donors (Lipinski definition) is 1. The van der Waals surface area contributed by atoms with E-state index >= 15 is 0 Å². The normalized spacial score (nSPS) is 14.2. The lowest BCUT2D eigenvalue weighted by Crippen LogP contribution is -2.48. The van der Waals surface area contributed by atoms with Gasteiger partial charge >= 0.3 is 5.97 Å². The lowest BCUT2D eigenvalue weighted by Gasteiger charge is -2.25. The molecule has 1 heterocycles. The van der Waals surface area contributed by atoms with E-state index in [4.69, 9.17) is 4.74 Å². The van der Waals surface area contributed by atoms with Crippen LogP contribution in [-0.2, 0) is 9.53 Å². The Hall–Kier alpha value is -0.590. The van der Waals surface area contributed by atoms with Gasteiger partial charge < -0.3 is 10.1 Å². The maximum absolute atomic E-state index is 11.6. The topological polar surface area (TPSA) is 51.2 Å². The van der Waals surface area contributed by atoms with Crippen LogP contribution in [-0.4, -0.2) is 36.4 Å². The number of nitrogens with one attached hydrogen (secondary N) is 1. The van der Waals surface area contributed by atoms with Gasteiger partial charge in [-0.2, -0.15) is 0 Å². The SMILES string of the molecule is CNC(C)(CCCCSc1nccs1)C(=O)OC. The molecule has 0 aromatic carbocycles. The highest BCUT2D eigenvalue weighted by Crippen LogP contribution is 2.23. The minimum absolute atomic E-state index is 0.197. The van der Waals surface area contributed by atoms with Crippen molar-refractivity contribution in [2.45, 2.75) is 36.1 Å². The summed E-state index contributed by atoms with van der Waals surface area (Å²) in [5.74, 6) is 0.840. The highest BCUT2D eigenvalue weighted by molar-refractivity contribution is 8.00. The number of aromatic nitrogens is 1. The van der Waals surface area contributed by atoms with Crippen molar-refractivity contribution in [3.05, 3.63) is 11.6 Å². The summed E-state index contributed by atoms with van der Waals surface area (Å²) in [4.78, 5) is 15.8. The van der Waals surface area contributed by atoms with Gasteiger partial charge in [0, 0.05) is 17.3 Å². The number of rotatable bonds is 8. The molecule has 6 heteroatoms. The molecular formula is C12H20N2O2S2. The van der Waals surface area contributed by atoms with E-state index in [0.29, 0.717) is 0 Å². The Bertz CT molecular complexity index is 357. The van der Waals surface area contributed by atoms with Crippen LogP contribution in [0.2, 0.25) is 0 Å². The third kappa shape index (κ3) is 4.59. The van der Waals surface area contributed by atoms with Crippen molar-refractivity contribution >= 4 is 29.1 Å². The van der Waals surface area contributed by atoms with E-state index in [1.807, 2.05) is 18.5 Å². The van der Waals surface area contributed by atoms with Crippen molar-refractivity contribution in [2.75, 3.05) is 19.9 Å². The van der Waals surface area contributed by atoms with Gasteiger partial charge in [-0.05, 0) is 26.8 Å². The van der Waals surface area contributed by atoms with E-state index in [2.05, 4.69) is 10.3 Å². The van der Waals surface area contributed by atoms with Crippen LogP contribution in [0.4, 0.5) is 0 Å². The molecule has 0 aliphatic carbocycles. The summed E-state index contributed by atoms with van der Waals surface area (Å²) in [6, 6.07) is 0. The van der Waals surface area contributed by atoms with E-state index in [-0.39, 0.29) is 5.97 Å². The highest BCUT2D eigenvalue weighted by Gasteiger charge is 2.31. The van der Waals surface area contributed by atoms with Crippen molar-refractivity contribution in [1.29, 1.82) is 0 Å². The predicted molar refractivity (Wildman–Crippen MR) is 76.2 cm³/mol. The van der Waals surface area contributed by atoms with Crippen molar-refractivity contribution in [1.82, 2.24) is 10.3 Å². The molecule has 0 radical (unpaired) electrons. The number of carbonyl (C=O) groups is 1. The maximum atomic E-state index is 11.6. The molecule has 0 bridgehead atoms. The fraction of sp³-hybridized carbons (Fsp3) is 0.667. The fourth-order valence-corrected chi connectivity index (χ4v) is 3.28. The average Bonchev–Trinajstić information content (AvgIpc) is 2.90. The van der Waals surface area contributed by atoms with Crippen LogP contribution in [0.25, 0.3) is 0 Å². The average molecular weight is 288 g/mol. The predicted octanol–water partition coefficient (Wildman–Crippen LogP) is 2.56. The molecule has 0 saturated carbocycles. The maximum Gasteiger partial charge on any atom is 0.325 e. The molecule has 0 spiro atoms. The van der Waals surface area contributed by atoms with E-state index in [1.54, 1.807) is 30.1 Å². The molecule has 0 saturated heterocycles. The molecule has 1 aromatic heterocycles. The number of thioether (sulfide) groups is 1. The number of hydrogen-bond acceptors (Lipinski definition) is 6. The molecule has 0 aliphatic heterocycles. The van der Waals surface area contributed by atoms with E-state index in [0.717, 1.165) is 29.4 Å². The molecule has 1 rings (SSSR count). The summed E-state index contributed by atoms with van der Waals surface area (Å²) >= 11 is 3.44. The second-order valence-electron chi connectivity index (χ2n) is 4.18. The Morgan fingerprint density at radius 2 is 2.39 bits per heavy atom. The number of carbonyl (C=O) groups excluding carboxylic acids is 1. The molecule has 1 aromatic rings. The monoisotopic (exact) mass is 288 g/mol. The Morgan fingerprint density at radius 1 is 1.61 bits per heavy atom. The lowest BCUT2D eigenvalue weighted by molar-refractivity contribution is -0.148. The Kier molecular flexibility index (Phi) is 6.67. The van der Waals surface area contributed by atoms with Gasteiger partial charge in [0.15, 0.2) is 0 Å². The molecule has 0 amide bonds. The van der Waals surface area contributed by atoms with Gasteiger partial charge in [0.1, 0.15) is 9.88 Å². The minimum Gasteiger partial charge on any atom is -0.468 e. The van der Waals surface area contributed by atoms with Gasteiger partial charge in [-0.3, -0.25) is 4.79 Å². The quantitative estimate of drug-likeness (QED) is 0.452. The number of esters is 1. The molecule has 0 aliphatic rings. The standard InChI is InChI=1S/C12H20N2O2S2/c1-12(13-2,10(15)16-3)6-4-5-8-17-11-14-7-9-18-11/h7,9,13H,4-6,8H2,1-3H3. The lowest BCUT2D eigenvalue weighted by atomic mass is 9.95. The van der Waals surface area contributed by atoms with Crippen molar-refractivity contribution in [2.24, 2.45) is 0 Å².